The van der Waals surface area contributed by atoms with E-state index >= 15 is 0 Å². The smallest absolute Gasteiger partial charge is 0.187 e. The van der Waals surface area contributed by atoms with Gasteiger partial charge in [-0.1, -0.05) is 23.7 Å². The van der Waals surface area contributed by atoms with E-state index in [2.05, 4.69) is 4.98 Å². The molecule has 0 saturated carbocycles. The SMILES string of the molecule is Fc1ccc(OC[C@@H]2CO[C@@](CCc3ccc(Cl)cc3)(Cn3ccnc3)O2)cc1. The van der Waals surface area contributed by atoms with Gasteiger partial charge in [-0.2, -0.15) is 0 Å². The van der Waals surface area contributed by atoms with Crippen LogP contribution in [0.2, 0.25) is 5.02 Å². The Kier molecular flexibility index (Phi) is 6.13. The van der Waals surface area contributed by atoms with Crippen LogP contribution >= 0.6 is 11.6 Å². The molecule has 2 atom stereocenters. The van der Waals surface area contributed by atoms with E-state index in [-0.39, 0.29) is 11.9 Å². The number of hydrogen-bond acceptors (Lipinski definition) is 4. The Balaban J connectivity index is 1.40. The number of ether oxygens (including phenoxy) is 3. The van der Waals surface area contributed by atoms with Crippen molar-refractivity contribution in [2.75, 3.05) is 13.2 Å². The molecule has 1 aliphatic rings. The van der Waals surface area contributed by atoms with Crippen LogP contribution in [0.4, 0.5) is 4.39 Å². The summed E-state index contributed by atoms with van der Waals surface area (Å²) in [7, 11) is 0. The number of rotatable bonds is 8. The van der Waals surface area contributed by atoms with Crippen LogP contribution in [-0.2, 0) is 22.4 Å². The predicted molar refractivity (Wildman–Crippen MR) is 107 cm³/mol. The van der Waals surface area contributed by atoms with Gasteiger partial charge in [0.05, 0.1) is 19.5 Å². The standard InChI is InChI=1S/C22H22ClFN2O3/c23-18-3-1-17(2-4-18)9-10-22(15-26-12-11-25-16-26)28-14-21(29-22)13-27-20-7-5-19(24)6-8-20/h1-8,11-12,16,21H,9-10,13-15H2/t21-,22-/m1/s1. The minimum atomic E-state index is -0.767. The average Bonchev–Trinajstić information content (AvgIpc) is 3.38. The average molecular weight is 417 g/mol. The first kappa shape index (κ1) is 19.9. The molecule has 7 heteroatoms. The lowest BCUT2D eigenvalue weighted by Crippen LogP contribution is -2.37. The van der Waals surface area contributed by atoms with Gasteiger partial charge in [0.25, 0.3) is 0 Å². The normalized spacial score (nSPS) is 21.4. The lowest BCUT2D eigenvalue weighted by atomic mass is 10.0. The molecule has 0 N–H and O–H groups in total. The molecule has 1 aromatic heterocycles. The molecule has 0 bridgehead atoms. The summed E-state index contributed by atoms with van der Waals surface area (Å²) in [5, 5.41) is 0.716. The summed E-state index contributed by atoms with van der Waals surface area (Å²) in [6, 6.07) is 13.7. The third kappa shape index (κ3) is 5.35. The highest BCUT2D eigenvalue weighted by Crippen LogP contribution is 2.31. The fourth-order valence-electron chi connectivity index (χ4n) is 3.36. The molecule has 0 aliphatic carbocycles. The maximum atomic E-state index is 13.0. The Hall–Kier alpha value is -2.41. The molecule has 0 amide bonds. The summed E-state index contributed by atoms with van der Waals surface area (Å²) in [6.45, 7) is 1.29. The van der Waals surface area contributed by atoms with Crippen molar-refractivity contribution in [2.45, 2.75) is 31.3 Å². The van der Waals surface area contributed by atoms with Crippen LogP contribution in [-0.4, -0.2) is 34.7 Å². The van der Waals surface area contributed by atoms with E-state index in [1.54, 1.807) is 24.7 Å². The Labute approximate surface area is 174 Å². The fraction of sp³-hybridized carbons (Fsp3) is 0.318. The van der Waals surface area contributed by atoms with Gasteiger partial charge in [0.2, 0.25) is 0 Å². The molecule has 2 heterocycles. The predicted octanol–water partition coefficient (Wildman–Crippen LogP) is 4.50. The zero-order chi connectivity index (χ0) is 20.1. The van der Waals surface area contributed by atoms with Crippen LogP contribution < -0.4 is 4.74 Å². The number of aromatic nitrogens is 2. The number of aryl methyl sites for hydroxylation is 1. The molecule has 0 spiro atoms. The fourth-order valence-corrected chi connectivity index (χ4v) is 3.48. The summed E-state index contributed by atoms with van der Waals surface area (Å²) in [4.78, 5) is 4.11. The van der Waals surface area contributed by atoms with Crippen LogP contribution in [0.3, 0.4) is 0 Å². The van der Waals surface area contributed by atoms with Gasteiger partial charge in [0.1, 0.15) is 24.3 Å². The van der Waals surface area contributed by atoms with Crippen molar-refractivity contribution in [3.05, 3.63) is 83.7 Å². The van der Waals surface area contributed by atoms with Crippen LogP contribution in [0.15, 0.2) is 67.3 Å². The summed E-state index contributed by atoms with van der Waals surface area (Å²) >= 11 is 5.98. The minimum absolute atomic E-state index is 0.214. The first-order valence-corrected chi connectivity index (χ1v) is 9.88. The molecule has 152 valence electrons. The monoisotopic (exact) mass is 416 g/mol. The molecule has 2 aromatic carbocycles. The second-order valence-corrected chi connectivity index (χ2v) is 7.52. The van der Waals surface area contributed by atoms with Crippen molar-refractivity contribution in [1.29, 1.82) is 0 Å². The van der Waals surface area contributed by atoms with Crippen LogP contribution in [0.1, 0.15) is 12.0 Å². The lowest BCUT2D eigenvalue weighted by molar-refractivity contribution is -0.184. The number of hydrogen-bond donors (Lipinski definition) is 0. The Morgan fingerprint density at radius 3 is 2.69 bits per heavy atom. The summed E-state index contributed by atoms with van der Waals surface area (Å²) in [5.41, 5.74) is 1.16. The number of imidazole rings is 1. The molecule has 0 unspecified atom stereocenters. The van der Waals surface area contributed by atoms with Gasteiger partial charge < -0.3 is 18.8 Å². The highest BCUT2D eigenvalue weighted by molar-refractivity contribution is 6.30. The summed E-state index contributed by atoms with van der Waals surface area (Å²) in [5.74, 6) is -0.459. The second kappa shape index (κ2) is 8.95. The Morgan fingerprint density at radius 2 is 1.97 bits per heavy atom. The van der Waals surface area contributed by atoms with E-state index in [9.17, 15) is 4.39 Å². The molecule has 4 rings (SSSR count). The van der Waals surface area contributed by atoms with Crippen LogP contribution in [0.25, 0.3) is 0 Å². The molecule has 29 heavy (non-hydrogen) atoms. The second-order valence-electron chi connectivity index (χ2n) is 7.09. The lowest BCUT2D eigenvalue weighted by Gasteiger charge is -2.28. The molecular formula is C22H22ClFN2O3. The summed E-state index contributed by atoms with van der Waals surface area (Å²) in [6.07, 6.45) is 6.63. The largest absolute Gasteiger partial charge is 0.491 e. The van der Waals surface area contributed by atoms with Gasteiger partial charge in [-0.05, 0) is 48.4 Å². The molecule has 3 aromatic rings. The number of halogens is 2. The van der Waals surface area contributed by atoms with Crippen molar-refractivity contribution in [1.82, 2.24) is 9.55 Å². The Morgan fingerprint density at radius 1 is 1.17 bits per heavy atom. The van der Waals surface area contributed by atoms with Crippen LogP contribution in [0.5, 0.6) is 5.75 Å². The molecular weight excluding hydrogens is 395 g/mol. The van der Waals surface area contributed by atoms with Gasteiger partial charge in [-0.25, -0.2) is 9.37 Å². The van der Waals surface area contributed by atoms with E-state index in [1.165, 1.54) is 12.1 Å². The van der Waals surface area contributed by atoms with Gasteiger partial charge >= 0.3 is 0 Å². The highest BCUT2D eigenvalue weighted by Gasteiger charge is 2.42. The maximum absolute atomic E-state index is 13.0. The Bertz CT molecular complexity index is 903. The van der Waals surface area contributed by atoms with E-state index in [4.69, 9.17) is 25.8 Å². The molecule has 0 radical (unpaired) electrons. The molecule has 1 aliphatic heterocycles. The van der Waals surface area contributed by atoms with E-state index in [1.807, 2.05) is 35.0 Å². The quantitative estimate of drug-likeness (QED) is 0.542. The highest BCUT2D eigenvalue weighted by atomic mass is 35.5. The minimum Gasteiger partial charge on any atom is -0.491 e. The first-order valence-electron chi connectivity index (χ1n) is 9.51. The van der Waals surface area contributed by atoms with Gasteiger partial charge in [-0.3, -0.25) is 0 Å². The van der Waals surface area contributed by atoms with Gasteiger partial charge in [0, 0.05) is 23.8 Å². The molecule has 1 fully saturated rings. The van der Waals surface area contributed by atoms with E-state index in [0.29, 0.717) is 37.0 Å². The third-order valence-corrected chi connectivity index (χ3v) is 5.11. The zero-order valence-electron chi connectivity index (χ0n) is 15.8. The van der Waals surface area contributed by atoms with Crippen molar-refractivity contribution in [3.63, 3.8) is 0 Å². The van der Waals surface area contributed by atoms with Crippen LogP contribution in [0, 0.1) is 5.82 Å². The van der Waals surface area contributed by atoms with E-state index in [0.717, 1.165) is 12.0 Å². The first-order chi connectivity index (χ1) is 14.1. The summed E-state index contributed by atoms with van der Waals surface area (Å²) < 4.78 is 33.2. The van der Waals surface area contributed by atoms with Crippen molar-refractivity contribution >= 4 is 11.6 Å². The number of nitrogens with zero attached hydrogens (tertiary/aromatic N) is 2. The van der Waals surface area contributed by atoms with E-state index < -0.39 is 5.79 Å². The maximum Gasteiger partial charge on any atom is 0.187 e. The molecule has 1 saturated heterocycles. The van der Waals surface area contributed by atoms with Crippen molar-refractivity contribution < 1.29 is 18.6 Å². The topological polar surface area (TPSA) is 45.5 Å². The van der Waals surface area contributed by atoms with Crippen molar-refractivity contribution in [2.24, 2.45) is 0 Å². The van der Waals surface area contributed by atoms with Gasteiger partial charge in [-0.15, -0.1) is 0 Å². The number of benzene rings is 2. The molecule has 5 nitrogen and oxygen atoms in total. The third-order valence-electron chi connectivity index (χ3n) is 4.85. The van der Waals surface area contributed by atoms with Gasteiger partial charge in [0.15, 0.2) is 5.79 Å². The van der Waals surface area contributed by atoms with Crippen molar-refractivity contribution in [3.8, 4) is 5.75 Å². The zero-order valence-corrected chi connectivity index (χ0v) is 16.6.